The third-order valence-electron chi connectivity index (χ3n) is 3.23. The summed E-state index contributed by atoms with van der Waals surface area (Å²) >= 11 is 0. The first-order chi connectivity index (χ1) is 9.45. The second kappa shape index (κ2) is 8.44. The first-order valence-corrected chi connectivity index (χ1v) is 10.8. The SMILES string of the molecule is CCC[SiH2]CCCN(C)CS(=O)(=O)c1ccc(O)cc1. The summed E-state index contributed by atoms with van der Waals surface area (Å²) in [6.07, 6.45) is 2.37. The average molecular weight is 316 g/mol. The van der Waals surface area contributed by atoms with Crippen molar-refractivity contribution in [2.45, 2.75) is 36.7 Å². The standard InChI is InChI=1S/C14H25NO3SSi/c1-3-10-20-11-4-9-15(2)12-19(17,18)14-7-5-13(16)6-8-14/h5-8,16H,3-4,9-12,20H2,1-2H3. The van der Waals surface area contributed by atoms with Gasteiger partial charge in [-0.3, -0.25) is 4.90 Å². The maximum Gasteiger partial charge on any atom is 0.191 e. The molecule has 1 N–H and O–H groups in total. The monoisotopic (exact) mass is 315 g/mol. The first-order valence-electron chi connectivity index (χ1n) is 7.16. The Kier molecular flexibility index (Phi) is 7.26. The van der Waals surface area contributed by atoms with Crippen LogP contribution >= 0.6 is 0 Å². The molecule has 20 heavy (non-hydrogen) atoms. The summed E-state index contributed by atoms with van der Waals surface area (Å²) in [5.41, 5.74) is 0. The Labute approximate surface area is 124 Å². The van der Waals surface area contributed by atoms with Crippen LogP contribution in [0.3, 0.4) is 0 Å². The molecule has 0 radical (unpaired) electrons. The maximum absolute atomic E-state index is 12.2. The van der Waals surface area contributed by atoms with Crippen molar-refractivity contribution < 1.29 is 13.5 Å². The van der Waals surface area contributed by atoms with Crippen LogP contribution in [0.2, 0.25) is 12.1 Å². The lowest BCUT2D eigenvalue weighted by atomic mass is 10.3. The van der Waals surface area contributed by atoms with Crippen molar-refractivity contribution in [2.24, 2.45) is 0 Å². The molecule has 0 atom stereocenters. The molecule has 4 nitrogen and oxygen atoms in total. The summed E-state index contributed by atoms with van der Waals surface area (Å²) in [7, 11) is -1.38. The van der Waals surface area contributed by atoms with Crippen molar-refractivity contribution in [2.75, 3.05) is 19.5 Å². The van der Waals surface area contributed by atoms with E-state index in [0.717, 1.165) is 13.0 Å². The van der Waals surface area contributed by atoms with Crippen LogP contribution < -0.4 is 0 Å². The molecule has 0 aliphatic carbocycles. The van der Waals surface area contributed by atoms with Crippen molar-refractivity contribution >= 4 is 19.4 Å². The normalized spacial score (nSPS) is 12.6. The Bertz CT molecular complexity index is 488. The zero-order valence-corrected chi connectivity index (χ0v) is 14.6. The van der Waals surface area contributed by atoms with Gasteiger partial charge in [0.15, 0.2) is 9.84 Å². The summed E-state index contributed by atoms with van der Waals surface area (Å²) in [5.74, 6) is 0.116. The molecule has 0 amide bonds. The largest absolute Gasteiger partial charge is 0.508 e. The van der Waals surface area contributed by atoms with Gasteiger partial charge in [0.1, 0.15) is 11.6 Å². The average Bonchev–Trinajstić information content (AvgIpc) is 2.38. The Hall–Kier alpha value is -0.853. The van der Waals surface area contributed by atoms with Crippen LogP contribution in [0.1, 0.15) is 19.8 Å². The fourth-order valence-electron chi connectivity index (χ4n) is 2.07. The zero-order valence-electron chi connectivity index (χ0n) is 12.4. The Balaban J connectivity index is 2.43. The van der Waals surface area contributed by atoms with Crippen molar-refractivity contribution in [1.29, 1.82) is 0 Å². The molecular weight excluding hydrogens is 290 g/mol. The predicted octanol–water partition coefficient (Wildman–Crippen LogP) is 1.86. The van der Waals surface area contributed by atoms with Crippen LogP contribution in [0.15, 0.2) is 29.2 Å². The highest BCUT2D eigenvalue weighted by Crippen LogP contribution is 2.16. The summed E-state index contributed by atoms with van der Waals surface area (Å²) in [5, 5.41) is 9.19. The molecule has 1 rings (SSSR count). The number of benzene rings is 1. The highest BCUT2D eigenvalue weighted by atomic mass is 32.2. The fraction of sp³-hybridized carbons (Fsp3) is 0.571. The highest BCUT2D eigenvalue weighted by molar-refractivity contribution is 7.91. The van der Waals surface area contributed by atoms with Crippen LogP contribution in [0.5, 0.6) is 5.75 Å². The van der Waals surface area contributed by atoms with Gasteiger partial charge in [-0.2, -0.15) is 0 Å². The predicted molar refractivity (Wildman–Crippen MR) is 85.9 cm³/mol. The van der Waals surface area contributed by atoms with E-state index in [2.05, 4.69) is 6.92 Å². The number of phenolic OH excluding ortho intramolecular Hbond substituents is 1. The molecule has 114 valence electrons. The minimum absolute atomic E-state index is 0.0348. The molecule has 0 aliphatic heterocycles. The van der Waals surface area contributed by atoms with Gasteiger partial charge in [0.25, 0.3) is 0 Å². The van der Waals surface area contributed by atoms with E-state index in [1.807, 2.05) is 11.9 Å². The minimum Gasteiger partial charge on any atom is -0.508 e. The minimum atomic E-state index is -3.30. The quantitative estimate of drug-likeness (QED) is 0.558. The number of hydrogen-bond donors (Lipinski definition) is 1. The van der Waals surface area contributed by atoms with Crippen molar-refractivity contribution in [3.8, 4) is 5.75 Å². The van der Waals surface area contributed by atoms with Gasteiger partial charge in [0.05, 0.1) is 4.90 Å². The molecule has 0 unspecified atom stereocenters. The third-order valence-corrected chi connectivity index (χ3v) is 7.21. The van der Waals surface area contributed by atoms with E-state index in [9.17, 15) is 13.5 Å². The van der Waals surface area contributed by atoms with Gasteiger partial charge in [-0.1, -0.05) is 25.4 Å². The molecular formula is C14H25NO3SSi. The number of rotatable bonds is 9. The van der Waals surface area contributed by atoms with Gasteiger partial charge in [-0.25, -0.2) is 8.42 Å². The Morgan fingerprint density at radius 2 is 1.85 bits per heavy atom. The smallest absolute Gasteiger partial charge is 0.191 e. The number of nitrogens with zero attached hydrogens (tertiary/aromatic N) is 1. The molecule has 0 saturated carbocycles. The Morgan fingerprint density at radius 3 is 2.45 bits per heavy atom. The number of hydrogen-bond acceptors (Lipinski definition) is 4. The molecule has 0 aliphatic rings. The second-order valence-electron chi connectivity index (χ2n) is 5.23. The molecule has 0 fully saturated rings. The van der Waals surface area contributed by atoms with E-state index in [4.69, 9.17) is 0 Å². The van der Waals surface area contributed by atoms with Crippen molar-refractivity contribution in [3.63, 3.8) is 0 Å². The number of sulfone groups is 1. The van der Waals surface area contributed by atoms with Crippen LogP contribution in [0.25, 0.3) is 0 Å². The summed E-state index contributed by atoms with van der Waals surface area (Å²) in [6.45, 7) is 3.04. The van der Waals surface area contributed by atoms with Crippen LogP contribution in [-0.4, -0.2) is 47.4 Å². The highest BCUT2D eigenvalue weighted by Gasteiger charge is 2.16. The molecule has 0 aromatic heterocycles. The summed E-state index contributed by atoms with van der Waals surface area (Å²) < 4.78 is 24.3. The van der Waals surface area contributed by atoms with Crippen LogP contribution in [-0.2, 0) is 9.84 Å². The molecule has 6 heteroatoms. The van der Waals surface area contributed by atoms with E-state index in [1.165, 1.54) is 42.8 Å². The summed E-state index contributed by atoms with van der Waals surface area (Å²) in [6, 6.07) is 8.39. The van der Waals surface area contributed by atoms with E-state index in [1.54, 1.807) is 0 Å². The third kappa shape index (κ3) is 6.07. The van der Waals surface area contributed by atoms with Gasteiger partial charge in [0.2, 0.25) is 0 Å². The van der Waals surface area contributed by atoms with Gasteiger partial charge in [-0.05, 0) is 44.3 Å². The Morgan fingerprint density at radius 1 is 1.20 bits per heavy atom. The summed E-state index contributed by atoms with van der Waals surface area (Å²) in [4.78, 5) is 2.13. The first kappa shape index (κ1) is 17.2. The molecule has 1 aromatic rings. The lowest BCUT2D eigenvalue weighted by Gasteiger charge is -2.16. The molecule has 1 aromatic carbocycles. The van der Waals surface area contributed by atoms with Crippen LogP contribution in [0, 0.1) is 0 Å². The lowest BCUT2D eigenvalue weighted by molar-refractivity contribution is 0.381. The second-order valence-corrected chi connectivity index (χ2v) is 9.31. The topological polar surface area (TPSA) is 57.6 Å². The van der Waals surface area contributed by atoms with Gasteiger partial charge < -0.3 is 5.11 Å². The van der Waals surface area contributed by atoms with Crippen molar-refractivity contribution in [1.82, 2.24) is 4.90 Å². The molecule has 0 saturated heterocycles. The lowest BCUT2D eigenvalue weighted by Crippen LogP contribution is -2.27. The van der Waals surface area contributed by atoms with Crippen molar-refractivity contribution in [3.05, 3.63) is 24.3 Å². The van der Waals surface area contributed by atoms with Gasteiger partial charge >= 0.3 is 0 Å². The van der Waals surface area contributed by atoms with E-state index in [0.29, 0.717) is 0 Å². The van der Waals surface area contributed by atoms with Gasteiger partial charge in [0, 0.05) is 9.52 Å². The van der Waals surface area contributed by atoms with E-state index >= 15 is 0 Å². The zero-order chi connectivity index (χ0) is 15.0. The fourth-order valence-corrected chi connectivity index (χ4v) is 4.91. The number of aromatic hydroxyl groups is 1. The van der Waals surface area contributed by atoms with Crippen LogP contribution in [0.4, 0.5) is 0 Å². The van der Waals surface area contributed by atoms with E-state index < -0.39 is 9.84 Å². The van der Waals surface area contributed by atoms with Gasteiger partial charge in [-0.15, -0.1) is 0 Å². The van der Waals surface area contributed by atoms with E-state index in [-0.39, 0.29) is 26.0 Å². The molecule has 0 spiro atoms. The number of phenols is 1. The maximum atomic E-state index is 12.2. The molecule has 0 bridgehead atoms. The molecule has 0 heterocycles.